The number of hydrogen-bond donors (Lipinski definition) is 1. The molecule has 1 aliphatic rings. The fraction of sp³-hybridized carbons (Fsp3) is 0.286. The van der Waals surface area contributed by atoms with Crippen LogP contribution in [0, 0.1) is 12.8 Å². The Morgan fingerprint density at radius 3 is 2.50 bits per heavy atom. The third-order valence-electron chi connectivity index (χ3n) is 7.31. The summed E-state index contributed by atoms with van der Waals surface area (Å²) in [7, 11) is -3.38. The Bertz CT molecular complexity index is 1670. The second-order valence-electron chi connectivity index (χ2n) is 9.63. The van der Waals surface area contributed by atoms with Gasteiger partial charge in [0.2, 0.25) is 0 Å². The largest absolute Gasteiger partial charge is 0.381 e. The lowest BCUT2D eigenvalue weighted by molar-refractivity contribution is 0.0553. The average molecular weight is 501 g/mol. The lowest BCUT2D eigenvalue weighted by Crippen LogP contribution is -2.27. The summed E-state index contributed by atoms with van der Waals surface area (Å²) in [6.07, 6.45) is 6.81. The molecular formula is C28H28N4O3S. The standard InChI is InChI=1S/C28H28N4O3S/c1-18-24(17-30-31-18)21-14-26-27(29-16-21)23-9-8-22(36(2,33)34)15-25(23)32(26)28(19-6-4-3-5-7-19)20-10-12-35-13-11-20/h3-9,14-17,20,28H,10-13H2,1-2H3,(H,30,31)/t28-/m1/s1. The molecule has 8 heteroatoms. The maximum Gasteiger partial charge on any atom is 0.175 e. The van der Waals surface area contributed by atoms with E-state index >= 15 is 0 Å². The number of H-pyrrole nitrogens is 1. The van der Waals surface area contributed by atoms with Crippen LogP contribution in [0.15, 0.2) is 71.9 Å². The fourth-order valence-corrected chi connectivity index (χ4v) is 6.16. The molecule has 0 spiro atoms. The minimum Gasteiger partial charge on any atom is -0.381 e. The number of nitrogens with one attached hydrogen (secondary N) is 1. The van der Waals surface area contributed by atoms with E-state index in [2.05, 4.69) is 45.1 Å². The van der Waals surface area contributed by atoms with Gasteiger partial charge in [-0.3, -0.25) is 10.1 Å². The van der Waals surface area contributed by atoms with Crippen molar-refractivity contribution in [1.29, 1.82) is 0 Å². The van der Waals surface area contributed by atoms with Crippen molar-refractivity contribution >= 4 is 31.8 Å². The maximum absolute atomic E-state index is 12.5. The first kappa shape index (κ1) is 22.9. The van der Waals surface area contributed by atoms with E-state index in [-0.39, 0.29) is 6.04 Å². The number of aromatic nitrogens is 4. The molecule has 36 heavy (non-hydrogen) atoms. The number of hydrogen-bond acceptors (Lipinski definition) is 5. The first-order valence-corrected chi connectivity index (χ1v) is 14.1. The highest BCUT2D eigenvalue weighted by Gasteiger charge is 2.30. The number of sulfone groups is 1. The van der Waals surface area contributed by atoms with E-state index in [1.165, 1.54) is 11.8 Å². The highest BCUT2D eigenvalue weighted by molar-refractivity contribution is 7.90. The highest BCUT2D eigenvalue weighted by atomic mass is 32.2. The number of aryl methyl sites for hydroxylation is 1. The van der Waals surface area contributed by atoms with Crippen LogP contribution in [0.3, 0.4) is 0 Å². The zero-order valence-electron chi connectivity index (χ0n) is 20.3. The van der Waals surface area contributed by atoms with Crippen molar-refractivity contribution in [1.82, 2.24) is 19.7 Å². The summed E-state index contributed by atoms with van der Waals surface area (Å²) in [4.78, 5) is 5.21. The van der Waals surface area contributed by atoms with Crippen LogP contribution < -0.4 is 0 Å². The van der Waals surface area contributed by atoms with Crippen molar-refractivity contribution in [2.24, 2.45) is 5.92 Å². The normalized spacial score (nSPS) is 16.1. The summed E-state index contributed by atoms with van der Waals surface area (Å²) < 4.78 is 33.1. The summed E-state index contributed by atoms with van der Waals surface area (Å²) in [6, 6.07) is 18.0. The molecule has 1 saturated heterocycles. The van der Waals surface area contributed by atoms with Crippen LogP contribution in [0.1, 0.15) is 30.1 Å². The second kappa shape index (κ2) is 8.87. The molecular weight excluding hydrogens is 472 g/mol. The molecule has 0 aliphatic carbocycles. The van der Waals surface area contributed by atoms with Crippen LogP contribution >= 0.6 is 0 Å². The van der Waals surface area contributed by atoms with E-state index in [1.54, 1.807) is 6.07 Å². The van der Waals surface area contributed by atoms with Gasteiger partial charge in [-0.15, -0.1) is 0 Å². The monoisotopic (exact) mass is 500 g/mol. The van der Waals surface area contributed by atoms with Gasteiger partial charge < -0.3 is 9.30 Å². The maximum atomic E-state index is 12.5. The summed E-state index contributed by atoms with van der Waals surface area (Å²) in [5.41, 5.74) is 6.86. The van der Waals surface area contributed by atoms with Crippen molar-refractivity contribution in [2.45, 2.75) is 30.7 Å². The SMILES string of the molecule is Cc1[nH]ncc1-c1cnc2c3ccc(S(C)(=O)=O)cc3n([C@H](c3ccccc3)C3CCOCC3)c2c1. The Hall–Kier alpha value is -3.49. The molecule has 7 nitrogen and oxygen atoms in total. The smallest absolute Gasteiger partial charge is 0.175 e. The molecule has 184 valence electrons. The minimum atomic E-state index is -3.38. The number of ether oxygens (including phenoxy) is 1. The molecule has 0 amide bonds. The average Bonchev–Trinajstić information content (AvgIpc) is 3.46. The van der Waals surface area contributed by atoms with Crippen molar-refractivity contribution in [3.63, 3.8) is 0 Å². The Morgan fingerprint density at radius 2 is 1.81 bits per heavy atom. The molecule has 3 aromatic heterocycles. The van der Waals surface area contributed by atoms with Gasteiger partial charge in [-0.25, -0.2) is 8.42 Å². The van der Waals surface area contributed by atoms with Gasteiger partial charge in [0.1, 0.15) is 0 Å². The minimum absolute atomic E-state index is 0.00686. The topological polar surface area (TPSA) is 89.9 Å². The van der Waals surface area contributed by atoms with E-state index in [4.69, 9.17) is 9.72 Å². The van der Waals surface area contributed by atoms with Crippen LogP contribution in [0.25, 0.3) is 33.1 Å². The molecule has 0 unspecified atom stereocenters. The number of rotatable bonds is 5. The van der Waals surface area contributed by atoms with Gasteiger partial charge in [0.15, 0.2) is 9.84 Å². The molecule has 0 bridgehead atoms. The van der Waals surface area contributed by atoms with Crippen LogP contribution in [0.5, 0.6) is 0 Å². The molecule has 5 aromatic rings. The molecule has 2 aromatic carbocycles. The summed E-state index contributed by atoms with van der Waals surface area (Å²) >= 11 is 0. The number of fused-ring (bicyclic) bond motifs is 3. The fourth-order valence-electron chi connectivity index (χ4n) is 5.52. The molecule has 1 atom stereocenters. The van der Waals surface area contributed by atoms with Crippen LogP contribution in [0.4, 0.5) is 0 Å². The molecule has 0 saturated carbocycles. The summed E-state index contributed by atoms with van der Waals surface area (Å²) in [5, 5.41) is 8.16. The Kier molecular flexibility index (Phi) is 5.65. The van der Waals surface area contributed by atoms with Crippen LogP contribution in [-0.2, 0) is 14.6 Å². The Morgan fingerprint density at radius 1 is 1.03 bits per heavy atom. The molecule has 4 heterocycles. The number of nitrogens with zero attached hydrogens (tertiary/aromatic N) is 3. The number of benzene rings is 2. The zero-order chi connectivity index (χ0) is 24.9. The van der Waals surface area contributed by atoms with E-state index in [0.29, 0.717) is 10.8 Å². The van der Waals surface area contributed by atoms with Crippen molar-refractivity contribution in [3.8, 4) is 11.1 Å². The Labute approximate surface area is 210 Å². The van der Waals surface area contributed by atoms with Crippen LogP contribution in [-0.4, -0.2) is 47.6 Å². The number of aromatic amines is 1. The van der Waals surface area contributed by atoms with Gasteiger partial charge >= 0.3 is 0 Å². The zero-order valence-corrected chi connectivity index (χ0v) is 21.1. The second-order valence-corrected chi connectivity index (χ2v) is 11.6. The van der Waals surface area contributed by atoms with Gasteiger partial charge in [-0.1, -0.05) is 30.3 Å². The third-order valence-corrected chi connectivity index (χ3v) is 8.42. The summed E-state index contributed by atoms with van der Waals surface area (Å²) in [6.45, 7) is 3.43. The third kappa shape index (κ3) is 3.90. The molecule has 6 rings (SSSR count). The molecule has 1 fully saturated rings. The lowest BCUT2D eigenvalue weighted by atomic mass is 9.86. The van der Waals surface area contributed by atoms with E-state index in [1.807, 2.05) is 37.5 Å². The van der Waals surface area contributed by atoms with Crippen LogP contribution in [0.2, 0.25) is 0 Å². The predicted molar refractivity (Wildman–Crippen MR) is 141 cm³/mol. The lowest BCUT2D eigenvalue weighted by Gasteiger charge is -2.33. The molecule has 1 N–H and O–H groups in total. The van der Waals surface area contributed by atoms with Gasteiger partial charge in [0.25, 0.3) is 0 Å². The highest BCUT2D eigenvalue weighted by Crippen LogP contribution is 2.41. The van der Waals surface area contributed by atoms with Crippen molar-refractivity contribution in [2.75, 3.05) is 19.5 Å². The van der Waals surface area contributed by atoms with Gasteiger partial charge in [0.05, 0.1) is 33.7 Å². The molecule has 1 aliphatic heterocycles. The van der Waals surface area contributed by atoms with E-state index < -0.39 is 9.84 Å². The first-order chi connectivity index (χ1) is 17.4. The first-order valence-electron chi connectivity index (χ1n) is 12.2. The van der Waals surface area contributed by atoms with Crippen molar-refractivity contribution < 1.29 is 13.2 Å². The predicted octanol–water partition coefficient (Wildman–Crippen LogP) is 5.31. The molecule has 0 radical (unpaired) electrons. The number of pyridine rings is 1. The quantitative estimate of drug-likeness (QED) is 0.353. The van der Waals surface area contributed by atoms with Gasteiger partial charge in [-0.05, 0) is 55.5 Å². The van der Waals surface area contributed by atoms with Gasteiger partial charge in [-0.2, -0.15) is 5.10 Å². The van der Waals surface area contributed by atoms with Gasteiger partial charge in [0, 0.05) is 47.9 Å². The van der Waals surface area contributed by atoms with Crippen molar-refractivity contribution in [3.05, 3.63) is 78.2 Å². The summed E-state index contributed by atoms with van der Waals surface area (Å²) in [5.74, 6) is 0.334. The van der Waals surface area contributed by atoms with E-state index in [9.17, 15) is 8.42 Å². The Balaban J connectivity index is 1.70. The van der Waals surface area contributed by atoms with E-state index in [0.717, 1.165) is 64.8 Å².